The number of hydrogen-bond donors (Lipinski definition) is 2. The van der Waals surface area contributed by atoms with E-state index in [0.717, 1.165) is 24.3 Å². The highest BCUT2D eigenvalue weighted by atomic mass is 16.5. The molecule has 0 aliphatic rings. The number of hydrogen-bond acceptors (Lipinski definition) is 5. The van der Waals surface area contributed by atoms with Crippen LogP contribution in [0.25, 0.3) is 6.08 Å². The molecule has 0 bridgehead atoms. The van der Waals surface area contributed by atoms with Gasteiger partial charge in [-0.25, -0.2) is 4.79 Å². The molecule has 2 aromatic rings. The van der Waals surface area contributed by atoms with Crippen LogP contribution in [-0.2, 0) is 14.3 Å². The van der Waals surface area contributed by atoms with E-state index in [9.17, 15) is 14.4 Å². The number of anilines is 1. The Hall–Kier alpha value is -3.61. The Morgan fingerprint density at radius 1 is 0.931 bits per heavy atom. The van der Waals surface area contributed by atoms with E-state index in [4.69, 9.17) is 4.74 Å². The van der Waals surface area contributed by atoms with Gasteiger partial charge in [-0.3, -0.25) is 20.4 Å². The molecule has 7 heteroatoms. The minimum atomic E-state index is -0.651. The quantitative estimate of drug-likeness (QED) is 0.407. The van der Waals surface area contributed by atoms with E-state index in [2.05, 4.69) is 29.6 Å². The first kappa shape index (κ1) is 21.7. The average molecular weight is 395 g/mol. The van der Waals surface area contributed by atoms with Gasteiger partial charge in [0.15, 0.2) is 6.61 Å². The van der Waals surface area contributed by atoms with Crippen molar-refractivity contribution in [3.8, 4) is 0 Å². The minimum absolute atomic E-state index is 0.406. The Kier molecular flexibility index (Phi) is 8.44. The molecule has 0 aromatic heterocycles. The molecule has 0 aliphatic carbocycles. The number of carbonyl (C=O) groups excluding carboxylic acids is 3. The molecule has 2 aromatic carbocycles. The smallest absolute Gasteiger partial charge is 0.331 e. The van der Waals surface area contributed by atoms with Crippen molar-refractivity contribution in [1.82, 2.24) is 10.9 Å². The van der Waals surface area contributed by atoms with Crippen molar-refractivity contribution in [1.29, 1.82) is 0 Å². The number of ether oxygens (including phenoxy) is 1. The molecular formula is C22H25N3O4. The molecule has 0 fully saturated rings. The zero-order valence-corrected chi connectivity index (χ0v) is 16.6. The lowest BCUT2D eigenvalue weighted by Crippen LogP contribution is -2.43. The molecule has 2 N–H and O–H groups in total. The first-order valence-corrected chi connectivity index (χ1v) is 9.37. The van der Waals surface area contributed by atoms with Crippen LogP contribution in [0.2, 0.25) is 0 Å². The second kappa shape index (κ2) is 11.3. The maximum atomic E-state index is 12.1. The molecule has 152 valence electrons. The second-order valence-electron chi connectivity index (χ2n) is 6.07. The second-order valence-corrected chi connectivity index (χ2v) is 6.07. The predicted molar refractivity (Wildman–Crippen MR) is 112 cm³/mol. The van der Waals surface area contributed by atoms with Gasteiger partial charge in [-0.2, -0.15) is 0 Å². The van der Waals surface area contributed by atoms with E-state index in [1.165, 1.54) is 6.08 Å². The molecule has 0 saturated heterocycles. The minimum Gasteiger partial charge on any atom is -0.452 e. The number of nitrogens with zero attached hydrogens (tertiary/aromatic N) is 1. The summed E-state index contributed by atoms with van der Waals surface area (Å²) >= 11 is 0. The average Bonchev–Trinajstić information content (AvgIpc) is 2.76. The zero-order chi connectivity index (χ0) is 21.1. The lowest BCUT2D eigenvalue weighted by molar-refractivity contribution is -0.144. The normalized spacial score (nSPS) is 10.4. The number of amides is 2. The lowest BCUT2D eigenvalue weighted by Gasteiger charge is -2.21. The molecule has 0 unspecified atom stereocenters. The summed E-state index contributed by atoms with van der Waals surface area (Å²) in [5.41, 5.74) is 6.78. The number of benzene rings is 2. The number of carbonyl (C=O) groups is 3. The summed E-state index contributed by atoms with van der Waals surface area (Å²) in [4.78, 5) is 37.6. The van der Waals surface area contributed by atoms with Crippen molar-refractivity contribution in [2.75, 3.05) is 24.6 Å². The van der Waals surface area contributed by atoms with E-state index in [0.29, 0.717) is 5.56 Å². The van der Waals surface area contributed by atoms with Gasteiger partial charge in [0.05, 0.1) is 0 Å². The van der Waals surface area contributed by atoms with Crippen molar-refractivity contribution in [3.63, 3.8) is 0 Å². The summed E-state index contributed by atoms with van der Waals surface area (Å²) in [7, 11) is 0. The third-order valence-electron chi connectivity index (χ3n) is 4.13. The summed E-state index contributed by atoms with van der Waals surface area (Å²) < 4.78 is 4.84. The fourth-order valence-electron chi connectivity index (χ4n) is 2.56. The fourth-order valence-corrected chi connectivity index (χ4v) is 2.56. The molecule has 2 amide bonds. The van der Waals surface area contributed by atoms with E-state index in [-0.39, 0.29) is 0 Å². The van der Waals surface area contributed by atoms with Gasteiger partial charge >= 0.3 is 5.97 Å². The van der Waals surface area contributed by atoms with Gasteiger partial charge < -0.3 is 9.64 Å². The molecule has 0 saturated carbocycles. The molecular weight excluding hydrogens is 370 g/mol. The van der Waals surface area contributed by atoms with Crippen LogP contribution >= 0.6 is 0 Å². The van der Waals surface area contributed by atoms with Crippen LogP contribution in [0.5, 0.6) is 0 Å². The Morgan fingerprint density at radius 2 is 1.59 bits per heavy atom. The highest BCUT2D eigenvalue weighted by Crippen LogP contribution is 2.14. The van der Waals surface area contributed by atoms with E-state index >= 15 is 0 Å². The van der Waals surface area contributed by atoms with Crippen molar-refractivity contribution < 1.29 is 19.1 Å². The number of hydrazine groups is 1. The zero-order valence-electron chi connectivity index (χ0n) is 16.6. The van der Waals surface area contributed by atoms with Gasteiger partial charge in [0, 0.05) is 30.4 Å². The molecule has 7 nitrogen and oxygen atoms in total. The topological polar surface area (TPSA) is 87.7 Å². The largest absolute Gasteiger partial charge is 0.452 e. The van der Waals surface area contributed by atoms with E-state index in [1.807, 2.05) is 42.5 Å². The van der Waals surface area contributed by atoms with Crippen molar-refractivity contribution in [3.05, 3.63) is 71.8 Å². The van der Waals surface area contributed by atoms with Crippen molar-refractivity contribution >= 4 is 29.5 Å². The molecule has 0 atom stereocenters. The molecule has 0 radical (unpaired) electrons. The van der Waals surface area contributed by atoms with Crippen LogP contribution in [0.15, 0.2) is 60.7 Å². The third-order valence-corrected chi connectivity index (χ3v) is 4.13. The van der Waals surface area contributed by atoms with Crippen molar-refractivity contribution in [2.45, 2.75) is 13.8 Å². The summed E-state index contributed by atoms with van der Waals surface area (Å²) in [6.07, 6.45) is 2.82. The molecule has 0 heterocycles. The Morgan fingerprint density at radius 3 is 2.21 bits per heavy atom. The molecule has 2 rings (SSSR count). The Labute approximate surface area is 170 Å². The Balaban J connectivity index is 1.75. The maximum absolute atomic E-state index is 12.1. The highest BCUT2D eigenvalue weighted by Gasteiger charge is 2.10. The van der Waals surface area contributed by atoms with Gasteiger partial charge in [0.2, 0.25) is 0 Å². The van der Waals surface area contributed by atoms with Gasteiger partial charge in [0.25, 0.3) is 11.8 Å². The first-order valence-electron chi connectivity index (χ1n) is 9.37. The van der Waals surface area contributed by atoms with Crippen LogP contribution in [0.1, 0.15) is 29.8 Å². The van der Waals surface area contributed by atoms with E-state index < -0.39 is 24.4 Å². The van der Waals surface area contributed by atoms with Gasteiger partial charge in [-0.15, -0.1) is 0 Å². The molecule has 0 aliphatic heterocycles. The summed E-state index contributed by atoms with van der Waals surface area (Å²) in [5, 5.41) is 0. The van der Waals surface area contributed by atoms with Crippen LogP contribution in [0.3, 0.4) is 0 Å². The Bertz CT molecular complexity index is 844. The summed E-state index contributed by atoms with van der Waals surface area (Å²) in [5.74, 6) is -1.75. The maximum Gasteiger partial charge on any atom is 0.331 e. The summed E-state index contributed by atoms with van der Waals surface area (Å²) in [6, 6.07) is 16.3. The van der Waals surface area contributed by atoms with Gasteiger partial charge in [0.1, 0.15) is 0 Å². The van der Waals surface area contributed by atoms with E-state index in [1.54, 1.807) is 18.2 Å². The lowest BCUT2D eigenvalue weighted by atomic mass is 10.2. The summed E-state index contributed by atoms with van der Waals surface area (Å²) in [6.45, 7) is 5.36. The van der Waals surface area contributed by atoms with Gasteiger partial charge in [-0.05, 0) is 49.8 Å². The predicted octanol–water partition coefficient (Wildman–Crippen LogP) is 2.55. The van der Waals surface area contributed by atoms with Crippen LogP contribution < -0.4 is 15.8 Å². The first-order chi connectivity index (χ1) is 14.0. The third kappa shape index (κ3) is 7.14. The van der Waals surface area contributed by atoms with Crippen molar-refractivity contribution in [2.24, 2.45) is 0 Å². The number of rotatable bonds is 8. The van der Waals surface area contributed by atoms with Crippen LogP contribution in [0.4, 0.5) is 5.69 Å². The highest BCUT2D eigenvalue weighted by molar-refractivity contribution is 5.96. The van der Waals surface area contributed by atoms with Gasteiger partial charge in [-0.1, -0.05) is 30.3 Å². The molecule has 29 heavy (non-hydrogen) atoms. The number of esters is 1. The number of nitrogens with one attached hydrogen (secondary N) is 2. The molecule has 0 spiro atoms. The van der Waals surface area contributed by atoms with Crippen LogP contribution in [-0.4, -0.2) is 37.5 Å². The monoisotopic (exact) mass is 395 g/mol. The standard InChI is InChI=1S/C22H25N3O4/c1-3-25(4-2)19-13-11-18(12-14-19)22(28)24-23-20(26)16-29-21(27)15-10-17-8-6-5-7-9-17/h5-15H,3-4,16H2,1-2H3,(H,23,26)(H,24,28)/b15-10+. The SMILES string of the molecule is CCN(CC)c1ccc(C(=O)NNC(=O)COC(=O)/C=C/c2ccccc2)cc1. The fraction of sp³-hybridized carbons (Fsp3) is 0.227. The van der Waals surface area contributed by atoms with Crippen LogP contribution in [0, 0.1) is 0 Å².